The van der Waals surface area contributed by atoms with Crippen LogP contribution in [0.5, 0.6) is 5.75 Å². The first-order chi connectivity index (χ1) is 34.7. The van der Waals surface area contributed by atoms with Gasteiger partial charge in [0.1, 0.15) is 18.1 Å². The van der Waals surface area contributed by atoms with Gasteiger partial charge in [-0.05, 0) is 163 Å². The molecule has 2 amide bonds. The predicted octanol–water partition coefficient (Wildman–Crippen LogP) is 8.70. The third-order valence-electron chi connectivity index (χ3n) is 14.2. The molecule has 7 rings (SSSR count). The first-order valence-electron chi connectivity index (χ1n) is 24.5. The molecule has 1 fully saturated rings. The van der Waals surface area contributed by atoms with Gasteiger partial charge in [0.25, 0.3) is 42.2 Å². The summed E-state index contributed by atoms with van der Waals surface area (Å²) in [6, 6.07) is 11.3. The lowest BCUT2D eigenvalue weighted by Gasteiger charge is -2.30. The van der Waals surface area contributed by atoms with Crippen LogP contribution in [0, 0.1) is 13.8 Å². The lowest BCUT2D eigenvalue weighted by Crippen LogP contribution is -2.31. The van der Waals surface area contributed by atoms with Gasteiger partial charge in [-0.1, -0.05) is 13.0 Å². The van der Waals surface area contributed by atoms with E-state index in [9.17, 15) is 53.3 Å². The Morgan fingerprint density at radius 1 is 0.770 bits per heavy atom. The zero-order valence-electron chi connectivity index (χ0n) is 42.6. The van der Waals surface area contributed by atoms with Crippen LogP contribution < -0.4 is 9.64 Å². The molecule has 0 saturated carbocycles. The maximum atomic E-state index is 12.6. The number of aryl methyl sites for hydroxylation is 2. The number of imide groups is 1. The van der Waals surface area contributed by atoms with E-state index >= 15 is 0 Å². The Kier molecular flexibility index (Phi) is 16.5. The standard InChI is InChI=1S/C53H63N3O15S3/c1-8-27-54-45(53(6,26-29-69-7)43-33-41(74(66,67)68)31-35(3)50(43)54)23-17-37-14-12-13-36(51(37)70-38-18-20-39(21-19-38)72(60,61)62)16-22-44-52(4,5)42-32-40(73(63,64)65)30-34(2)49(42)55(44)28-11-9-10-15-48(59)71-56-46(57)24-25-47(56)58/h16-23,30-33H,8-15,24-29H2,1-7H3,(H2-,60,61,62,63,64,65,66,67,68)/p+1. The van der Waals surface area contributed by atoms with Crippen LogP contribution in [0.25, 0.3) is 0 Å². The summed E-state index contributed by atoms with van der Waals surface area (Å²) < 4.78 is 119. The molecule has 3 aliphatic heterocycles. The van der Waals surface area contributed by atoms with E-state index in [1.165, 1.54) is 48.5 Å². The maximum absolute atomic E-state index is 12.6. The summed E-state index contributed by atoms with van der Waals surface area (Å²) in [7, 11) is -12.0. The summed E-state index contributed by atoms with van der Waals surface area (Å²) in [6.45, 7) is 13.0. The first-order valence-corrected chi connectivity index (χ1v) is 28.8. The van der Waals surface area contributed by atoms with Crippen molar-refractivity contribution in [2.75, 3.05) is 31.7 Å². The highest BCUT2D eigenvalue weighted by Gasteiger charge is 2.47. The molecule has 0 radical (unpaired) electrons. The second kappa shape index (κ2) is 21.8. The Labute approximate surface area is 433 Å². The van der Waals surface area contributed by atoms with Crippen LogP contribution in [0.3, 0.4) is 0 Å². The molecule has 1 unspecified atom stereocenters. The second-order valence-corrected chi connectivity index (χ2v) is 24.1. The van der Waals surface area contributed by atoms with E-state index < -0.39 is 59.0 Å². The average molecular weight is 1080 g/mol. The van der Waals surface area contributed by atoms with Gasteiger partial charge >= 0.3 is 5.97 Å². The molecular weight excluding hydrogens is 1010 g/mol. The van der Waals surface area contributed by atoms with Crippen molar-refractivity contribution in [3.8, 4) is 5.75 Å². The van der Waals surface area contributed by atoms with Crippen molar-refractivity contribution in [2.45, 2.75) is 138 Å². The summed E-state index contributed by atoms with van der Waals surface area (Å²) >= 11 is 0. The molecule has 1 atom stereocenters. The minimum absolute atomic E-state index is 0.0115. The van der Waals surface area contributed by atoms with Crippen molar-refractivity contribution in [2.24, 2.45) is 0 Å². The number of methoxy groups -OCH3 is 1. The summed E-state index contributed by atoms with van der Waals surface area (Å²) in [6.07, 6.45) is 12.4. The van der Waals surface area contributed by atoms with Crippen LogP contribution in [0.15, 0.2) is 110 Å². The van der Waals surface area contributed by atoms with Crippen LogP contribution in [-0.4, -0.2) is 98.9 Å². The molecule has 3 heterocycles. The molecular formula is C53H64N3O15S3+. The zero-order valence-corrected chi connectivity index (χ0v) is 45.1. The van der Waals surface area contributed by atoms with E-state index in [-0.39, 0.29) is 39.7 Å². The van der Waals surface area contributed by atoms with Crippen LogP contribution in [0.1, 0.15) is 121 Å². The smallest absolute Gasteiger partial charge is 0.333 e. The first kappa shape index (κ1) is 55.9. The number of hydrogen-bond acceptors (Lipinski definition) is 13. The Bertz CT molecular complexity index is 3260. The fourth-order valence-electron chi connectivity index (χ4n) is 10.4. The van der Waals surface area contributed by atoms with Gasteiger partial charge in [0.2, 0.25) is 5.69 Å². The van der Waals surface area contributed by atoms with Crippen molar-refractivity contribution in [3.05, 3.63) is 118 Å². The van der Waals surface area contributed by atoms with Gasteiger partial charge in [0.15, 0.2) is 5.71 Å². The minimum atomic E-state index is -4.58. The molecule has 0 bridgehead atoms. The number of carbonyl (C=O) groups is 3. The minimum Gasteiger partial charge on any atom is -0.457 e. The summed E-state index contributed by atoms with van der Waals surface area (Å²) in [5, 5.41) is 0.527. The number of hydroxylamine groups is 2. The monoisotopic (exact) mass is 1080 g/mol. The number of hydrogen-bond donors (Lipinski definition) is 3. The summed E-state index contributed by atoms with van der Waals surface area (Å²) in [5.74, 6) is -1.04. The third kappa shape index (κ3) is 11.7. The van der Waals surface area contributed by atoms with Crippen molar-refractivity contribution in [1.29, 1.82) is 0 Å². The Balaban J connectivity index is 1.32. The molecule has 74 heavy (non-hydrogen) atoms. The number of unbranched alkanes of at least 4 members (excludes halogenated alkanes) is 2. The number of amides is 2. The molecule has 3 aromatic carbocycles. The number of nitrogens with zero attached hydrogens (tertiary/aromatic N) is 3. The molecule has 1 saturated heterocycles. The van der Waals surface area contributed by atoms with E-state index in [0.29, 0.717) is 92.2 Å². The summed E-state index contributed by atoms with van der Waals surface area (Å²) in [4.78, 5) is 43.0. The highest BCUT2D eigenvalue weighted by Crippen LogP contribution is 2.52. The molecule has 0 aromatic heterocycles. The van der Waals surface area contributed by atoms with Crippen molar-refractivity contribution in [1.82, 2.24) is 5.06 Å². The molecule has 3 aromatic rings. The van der Waals surface area contributed by atoms with Gasteiger partial charge in [0, 0.05) is 79.9 Å². The predicted molar refractivity (Wildman–Crippen MR) is 275 cm³/mol. The highest BCUT2D eigenvalue weighted by molar-refractivity contribution is 7.86. The van der Waals surface area contributed by atoms with E-state index in [1.54, 1.807) is 14.0 Å². The van der Waals surface area contributed by atoms with Crippen LogP contribution in [0.4, 0.5) is 11.4 Å². The van der Waals surface area contributed by atoms with Crippen molar-refractivity contribution < 1.29 is 72.2 Å². The van der Waals surface area contributed by atoms with Crippen LogP contribution in [0.2, 0.25) is 0 Å². The van der Waals surface area contributed by atoms with Crippen LogP contribution >= 0.6 is 0 Å². The summed E-state index contributed by atoms with van der Waals surface area (Å²) in [5.41, 5.74) is 5.93. The number of anilines is 1. The SMILES string of the molecule is CCCN1/C(=C/C=C2\CCCC(/C=C/C3=[N+](CCCCCC(=O)ON4C(=O)CCC4=O)c4c(C)cc(S(=O)(=O)O)cc4C3(C)C)=C2Oc2ccc(S(=O)(=O)O)cc2)C(C)(CCOC)c2cc(S(=O)(=O)O)cc(C)c21. The third-order valence-corrected chi connectivity index (χ3v) is 16.7. The van der Waals surface area contributed by atoms with Gasteiger partial charge in [-0.15, -0.1) is 5.06 Å². The number of rotatable bonds is 20. The lowest BCUT2D eigenvalue weighted by atomic mass is 9.78. The molecule has 0 spiro atoms. The fourth-order valence-corrected chi connectivity index (χ4v) is 12.1. The number of fused-ring (bicyclic) bond motifs is 2. The molecule has 1 aliphatic carbocycles. The molecule has 398 valence electrons. The number of ether oxygens (including phenoxy) is 2. The van der Waals surface area contributed by atoms with Gasteiger partial charge in [-0.25, -0.2) is 4.79 Å². The quantitative estimate of drug-likeness (QED) is 0.0414. The zero-order chi connectivity index (χ0) is 54.1. The maximum Gasteiger partial charge on any atom is 0.333 e. The Hall–Kier alpha value is -5.81. The second-order valence-electron chi connectivity index (χ2n) is 19.8. The van der Waals surface area contributed by atoms with E-state index in [4.69, 9.17) is 14.3 Å². The van der Waals surface area contributed by atoms with Gasteiger partial charge < -0.3 is 19.2 Å². The Morgan fingerprint density at radius 3 is 2.00 bits per heavy atom. The van der Waals surface area contributed by atoms with Gasteiger partial charge in [0.05, 0.1) is 20.1 Å². The molecule has 21 heteroatoms. The fraction of sp³-hybridized carbons (Fsp3) is 0.434. The molecule has 3 N–H and O–H groups in total. The number of carbonyl (C=O) groups excluding carboxylic acids is 3. The normalized spacial score (nSPS) is 20.2. The van der Waals surface area contributed by atoms with E-state index in [1.807, 2.05) is 58.9 Å². The van der Waals surface area contributed by atoms with Gasteiger partial charge in [-0.2, -0.15) is 29.8 Å². The Morgan fingerprint density at radius 2 is 1.39 bits per heavy atom. The van der Waals surface area contributed by atoms with Crippen molar-refractivity contribution in [3.63, 3.8) is 0 Å². The largest absolute Gasteiger partial charge is 0.457 e. The lowest BCUT2D eigenvalue weighted by molar-refractivity contribution is -0.438. The number of benzene rings is 3. The average Bonchev–Trinajstić information content (AvgIpc) is 3.85. The van der Waals surface area contributed by atoms with E-state index in [0.717, 1.165) is 45.9 Å². The topological polar surface area (TPSA) is 251 Å². The number of allylic oxidation sites excluding steroid dienone is 7. The molecule has 18 nitrogen and oxygen atoms in total. The highest BCUT2D eigenvalue weighted by atomic mass is 32.2. The van der Waals surface area contributed by atoms with Crippen LogP contribution in [-0.2, 0) is 65.1 Å². The van der Waals surface area contributed by atoms with Crippen molar-refractivity contribution >= 4 is 65.2 Å². The van der Waals surface area contributed by atoms with E-state index in [2.05, 4.69) is 9.48 Å². The molecule has 4 aliphatic rings. The van der Waals surface area contributed by atoms with Gasteiger partial charge in [-0.3, -0.25) is 23.2 Å².